The van der Waals surface area contributed by atoms with Crippen molar-refractivity contribution in [2.75, 3.05) is 19.8 Å². The number of carbonyl (C=O) groups excluding carboxylic acids is 3. The molecule has 2 aromatic carbocycles. The van der Waals surface area contributed by atoms with Gasteiger partial charge in [0.1, 0.15) is 12.3 Å². The summed E-state index contributed by atoms with van der Waals surface area (Å²) >= 11 is 0. The van der Waals surface area contributed by atoms with Crippen LogP contribution in [0.15, 0.2) is 60.7 Å². The molecule has 0 fully saturated rings. The van der Waals surface area contributed by atoms with E-state index < -0.39 is 30.6 Å². The second kappa shape index (κ2) is 9.12. The van der Waals surface area contributed by atoms with Gasteiger partial charge in [0.15, 0.2) is 24.2 Å². The van der Waals surface area contributed by atoms with Gasteiger partial charge in [-0.05, 0) is 24.3 Å². The molecule has 1 atom stereocenters. The number of benzene rings is 2. The largest absolute Gasteiger partial charge is 0.486 e. The molecule has 0 radical (unpaired) electrons. The molecule has 0 bridgehead atoms. The maximum absolute atomic E-state index is 12.1. The quantitative estimate of drug-likeness (QED) is 0.606. The van der Waals surface area contributed by atoms with Gasteiger partial charge in [-0.25, -0.2) is 14.6 Å². The van der Waals surface area contributed by atoms with Crippen LogP contribution in [-0.2, 0) is 9.53 Å². The van der Waals surface area contributed by atoms with E-state index in [0.29, 0.717) is 17.0 Å². The van der Waals surface area contributed by atoms with E-state index in [2.05, 4.69) is 15.6 Å². The number of nitrogens with one attached hydrogen (secondary N) is 2. The van der Waals surface area contributed by atoms with Gasteiger partial charge in [-0.2, -0.15) is 0 Å². The highest BCUT2D eigenvalue weighted by atomic mass is 16.6. The molecular weight excluding hydrogens is 402 g/mol. The number of hydrogen-bond donors (Lipinski definition) is 2. The van der Waals surface area contributed by atoms with Crippen molar-refractivity contribution in [3.63, 3.8) is 0 Å². The van der Waals surface area contributed by atoms with Gasteiger partial charge in [-0.3, -0.25) is 10.1 Å². The van der Waals surface area contributed by atoms with E-state index >= 15 is 0 Å². The minimum atomic E-state index is -0.766. The van der Waals surface area contributed by atoms with Crippen molar-refractivity contribution in [2.45, 2.75) is 6.10 Å². The number of ether oxygens (including phenoxy) is 3. The van der Waals surface area contributed by atoms with Crippen LogP contribution < -0.4 is 20.1 Å². The molecule has 1 aliphatic rings. The third-order valence-corrected chi connectivity index (χ3v) is 4.45. The van der Waals surface area contributed by atoms with E-state index in [1.807, 2.05) is 24.3 Å². The van der Waals surface area contributed by atoms with Gasteiger partial charge in [-0.15, -0.1) is 0 Å². The number of aromatic nitrogens is 1. The average molecular weight is 421 g/mol. The van der Waals surface area contributed by atoms with Gasteiger partial charge in [0.05, 0.1) is 12.1 Å². The summed E-state index contributed by atoms with van der Waals surface area (Å²) in [6.07, 6.45) is -0.396. The van der Waals surface area contributed by atoms with E-state index in [4.69, 9.17) is 14.2 Å². The molecule has 4 rings (SSSR count). The molecule has 2 heterocycles. The molecule has 3 amide bonds. The van der Waals surface area contributed by atoms with E-state index in [1.54, 1.807) is 30.3 Å². The molecule has 158 valence electrons. The van der Waals surface area contributed by atoms with E-state index in [-0.39, 0.29) is 18.8 Å². The average Bonchev–Trinajstić information content (AvgIpc) is 2.80. The highest BCUT2D eigenvalue weighted by molar-refractivity contribution is 5.97. The Balaban J connectivity index is 1.20. The summed E-state index contributed by atoms with van der Waals surface area (Å²) in [5.74, 6) is -0.294. The van der Waals surface area contributed by atoms with Crippen LogP contribution in [0.4, 0.5) is 4.79 Å². The summed E-state index contributed by atoms with van der Waals surface area (Å²) in [6.45, 7) is -0.215. The SMILES string of the molecule is O=C(COC(=O)c1ccc2ccccc2n1)NC(=O)NCC1COc2ccccc2O1. The first kappa shape index (κ1) is 20.1. The third kappa shape index (κ3) is 5.08. The summed E-state index contributed by atoms with van der Waals surface area (Å²) < 4.78 is 16.2. The zero-order chi connectivity index (χ0) is 21.6. The lowest BCUT2D eigenvalue weighted by Crippen LogP contribution is -2.46. The van der Waals surface area contributed by atoms with Gasteiger partial charge < -0.3 is 19.5 Å². The first-order valence-electron chi connectivity index (χ1n) is 9.57. The monoisotopic (exact) mass is 421 g/mol. The zero-order valence-electron chi connectivity index (χ0n) is 16.4. The van der Waals surface area contributed by atoms with Crippen LogP contribution >= 0.6 is 0 Å². The Morgan fingerprint density at radius 2 is 1.77 bits per heavy atom. The van der Waals surface area contributed by atoms with Crippen molar-refractivity contribution < 1.29 is 28.6 Å². The first-order valence-corrected chi connectivity index (χ1v) is 9.57. The minimum absolute atomic E-state index is 0.0747. The third-order valence-electron chi connectivity index (χ3n) is 4.45. The number of amides is 3. The number of imide groups is 1. The standard InChI is InChI=1S/C22H19N3O6/c26-20(13-30-21(27)17-10-9-14-5-1-2-6-16(14)24-17)25-22(28)23-11-15-12-29-18-7-3-4-8-19(18)31-15/h1-10,15H,11-13H2,(H2,23,25,26,28). The number of fused-ring (bicyclic) bond motifs is 2. The van der Waals surface area contributed by atoms with Crippen LogP contribution in [0.1, 0.15) is 10.5 Å². The van der Waals surface area contributed by atoms with Crippen LogP contribution in [0.2, 0.25) is 0 Å². The Labute approximate surface area is 177 Å². The van der Waals surface area contributed by atoms with Crippen molar-refractivity contribution in [3.05, 3.63) is 66.4 Å². The molecule has 3 aromatic rings. The molecule has 0 aliphatic carbocycles. The fourth-order valence-electron chi connectivity index (χ4n) is 2.96. The molecule has 9 heteroatoms. The number of pyridine rings is 1. The maximum atomic E-state index is 12.1. The number of urea groups is 1. The summed E-state index contributed by atoms with van der Waals surface area (Å²) in [5, 5.41) is 5.50. The first-order chi connectivity index (χ1) is 15.1. The molecule has 31 heavy (non-hydrogen) atoms. The number of nitrogens with zero attached hydrogens (tertiary/aromatic N) is 1. The summed E-state index contributed by atoms with van der Waals surface area (Å²) in [7, 11) is 0. The van der Waals surface area contributed by atoms with E-state index in [0.717, 1.165) is 5.39 Å². The van der Waals surface area contributed by atoms with Gasteiger partial charge in [0, 0.05) is 5.39 Å². The number of esters is 1. The lowest BCUT2D eigenvalue weighted by molar-refractivity contribution is -0.123. The Hall–Kier alpha value is -4.14. The lowest BCUT2D eigenvalue weighted by atomic mass is 10.2. The number of carbonyl (C=O) groups is 3. The normalized spacial score (nSPS) is 14.5. The predicted octanol–water partition coefficient (Wildman–Crippen LogP) is 2.06. The highest BCUT2D eigenvalue weighted by Crippen LogP contribution is 2.30. The summed E-state index contributed by atoms with van der Waals surface area (Å²) in [5.41, 5.74) is 0.711. The van der Waals surface area contributed by atoms with E-state index in [1.165, 1.54) is 6.07 Å². The molecule has 1 aromatic heterocycles. The highest BCUT2D eigenvalue weighted by Gasteiger charge is 2.21. The Morgan fingerprint density at radius 3 is 2.65 bits per heavy atom. The Morgan fingerprint density at radius 1 is 1.00 bits per heavy atom. The molecule has 9 nitrogen and oxygen atoms in total. The van der Waals surface area contributed by atoms with Gasteiger partial charge in [-0.1, -0.05) is 36.4 Å². The Bertz CT molecular complexity index is 1130. The zero-order valence-corrected chi connectivity index (χ0v) is 16.4. The lowest BCUT2D eigenvalue weighted by Gasteiger charge is -2.26. The second-order valence-corrected chi connectivity index (χ2v) is 6.72. The molecule has 1 aliphatic heterocycles. The Kier molecular flexibility index (Phi) is 5.93. The van der Waals surface area contributed by atoms with Crippen LogP contribution in [0.3, 0.4) is 0 Å². The maximum Gasteiger partial charge on any atom is 0.357 e. The number of para-hydroxylation sites is 3. The topological polar surface area (TPSA) is 116 Å². The smallest absolute Gasteiger partial charge is 0.357 e. The number of rotatable bonds is 5. The van der Waals surface area contributed by atoms with Crippen molar-refractivity contribution in [1.29, 1.82) is 0 Å². The summed E-state index contributed by atoms with van der Waals surface area (Å²) in [6, 6.07) is 17.0. The fraction of sp³-hybridized carbons (Fsp3) is 0.182. The molecule has 0 saturated heterocycles. The molecule has 1 unspecified atom stereocenters. The molecule has 2 N–H and O–H groups in total. The van der Waals surface area contributed by atoms with Crippen molar-refractivity contribution in [2.24, 2.45) is 0 Å². The van der Waals surface area contributed by atoms with Crippen LogP contribution in [0.25, 0.3) is 10.9 Å². The van der Waals surface area contributed by atoms with Crippen LogP contribution in [0, 0.1) is 0 Å². The minimum Gasteiger partial charge on any atom is -0.486 e. The van der Waals surface area contributed by atoms with Gasteiger partial charge in [0.2, 0.25) is 0 Å². The molecular formula is C22H19N3O6. The molecule has 0 saturated carbocycles. The van der Waals surface area contributed by atoms with Gasteiger partial charge >= 0.3 is 12.0 Å². The predicted molar refractivity (Wildman–Crippen MR) is 110 cm³/mol. The second-order valence-electron chi connectivity index (χ2n) is 6.72. The molecule has 0 spiro atoms. The van der Waals surface area contributed by atoms with Crippen LogP contribution in [-0.4, -0.2) is 48.8 Å². The van der Waals surface area contributed by atoms with Crippen molar-refractivity contribution in [3.8, 4) is 11.5 Å². The summed E-state index contributed by atoms with van der Waals surface area (Å²) in [4.78, 5) is 40.1. The van der Waals surface area contributed by atoms with Crippen LogP contribution in [0.5, 0.6) is 11.5 Å². The number of hydrogen-bond acceptors (Lipinski definition) is 7. The van der Waals surface area contributed by atoms with E-state index in [9.17, 15) is 14.4 Å². The fourth-order valence-corrected chi connectivity index (χ4v) is 2.96. The van der Waals surface area contributed by atoms with Crippen molar-refractivity contribution >= 4 is 28.8 Å². The van der Waals surface area contributed by atoms with Crippen molar-refractivity contribution in [1.82, 2.24) is 15.6 Å². The van der Waals surface area contributed by atoms with Gasteiger partial charge in [0.25, 0.3) is 5.91 Å².